The Kier molecular flexibility index (Phi) is 5.94. The molecule has 13 heavy (non-hydrogen) atoms. The van der Waals surface area contributed by atoms with Crippen LogP contribution in [-0.2, 0) is 0 Å². The highest BCUT2D eigenvalue weighted by Gasteiger charge is 2.05. The second-order valence-corrected chi connectivity index (χ2v) is 2.76. The summed E-state index contributed by atoms with van der Waals surface area (Å²) in [5.41, 5.74) is 1.16. The first kappa shape index (κ1) is 11.9. The van der Waals surface area contributed by atoms with Crippen LogP contribution in [0.4, 0.5) is 0 Å². The molecule has 0 bridgehead atoms. The van der Waals surface area contributed by atoms with E-state index in [2.05, 4.69) is 18.8 Å². The highest BCUT2D eigenvalue weighted by Crippen LogP contribution is 2.22. The molecule has 0 aliphatic rings. The summed E-state index contributed by atoms with van der Waals surface area (Å²) in [7, 11) is 1.65. The molecule has 1 heterocycles. The third-order valence-electron chi connectivity index (χ3n) is 1.62. The summed E-state index contributed by atoms with van der Waals surface area (Å²) in [6, 6.07) is 3.97. The molecule has 74 valence electrons. The topological polar surface area (TPSA) is 22.1 Å². The number of hydrogen-bond donors (Lipinski definition) is 0. The van der Waals surface area contributed by atoms with E-state index in [1.165, 1.54) is 0 Å². The minimum absolute atomic E-state index is 0.471. The smallest absolute Gasteiger partial charge is 0.216 e. The van der Waals surface area contributed by atoms with E-state index in [-0.39, 0.29) is 0 Å². The summed E-state index contributed by atoms with van der Waals surface area (Å²) in [6.07, 6.45) is 1.74. The van der Waals surface area contributed by atoms with Crippen molar-refractivity contribution in [3.05, 3.63) is 23.9 Å². The Morgan fingerprint density at radius 3 is 2.31 bits per heavy atom. The number of hydrogen-bond acceptors (Lipinski definition) is 2. The van der Waals surface area contributed by atoms with E-state index in [1.807, 2.05) is 26.0 Å². The van der Waals surface area contributed by atoms with Crippen molar-refractivity contribution >= 4 is 0 Å². The second kappa shape index (κ2) is 6.46. The first-order chi connectivity index (χ1) is 6.25. The molecular formula is C11H19NO. The van der Waals surface area contributed by atoms with Crippen molar-refractivity contribution < 1.29 is 4.74 Å². The largest absolute Gasteiger partial charge is 0.481 e. The van der Waals surface area contributed by atoms with Crippen molar-refractivity contribution in [3.63, 3.8) is 0 Å². The van der Waals surface area contributed by atoms with E-state index in [9.17, 15) is 0 Å². The Balaban J connectivity index is 0.000000671. The Morgan fingerprint density at radius 2 is 1.92 bits per heavy atom. The Labute approximate surface area is 81.0 Å². The van der Waals surface area contributed by atoms with Gasteiger partial charge < -0.3 is 4.74 Å². The predicted molar refractivity (Wildman–Crippen MR) is 56.2 cm³/mol. The maximum Gasteiger partial charge on any atom is 0.216 e. The van der Waals surface area contributed by atoms with Crippen LogP contribution in [0.3, 0.4) is 0 Å². The fourth-order valence-electron chi connectivity index (χ4n) is 1.01. The van der Waals surface area contributed by atoms with Crippen LogP contribution >= 0.6 is 0 Å². The molecule has 1 aromatic heterocycles. The van der Waals surface area contributed by atoms with Crippen LogP contribution in [-0.4, -0.2) is 12.1 Å². The van der Waals surface area contributed by atoms with E-state index in [4.69, 9.17) is 4.74 Å². The molecule has 0 spiro atoms. The number of pyridine rings is 1. The van der Waals surface area contributed by atoms with E-state index >= 15 is 0 Å². The third kappa shape index (κ3) is 3.45. The van der Waals surface area contributed by atoms with Crippen LogP contribution in [0.25, 0.3) is 0 Å². The molecule has 0 fully saturated rings. The van der Waals surface area contributed by atoms with Crippen molar-refractivity contribution in [1.82, 2.24) is 4.98 Å². The first-order valence-corrected chi connectivity index (χ1v) is 4.74. The van der Waals surface area contributed by atoms with Gasteiger partial charge in [-0.05, 0) is 12.0 Å². The van der Waals surface area contributed by atoms with Gasteiger partial charge in [0.1, 0.15) is 0 Å². The molecule has 0 unspecified atom stereocenters. The van der Waals surface area contributed by atoms with Crippen LogP contribution in [0.2, 0.25) is 0 Å². The number of aromatic nitrogens is 1. The van der Waals surface area contributed by atoms with Gasteiger partial charge in [-0.2, -0.15) is 0 Å². The monoisotopic (exact) mass is 181 g/mol. The van der Waals surface area contributed by atoms with E-state index < -0.39 is 0 Å². The summed E-state index contributed by atoms with van der Waals surface area (Å²) in [5, 5.41) is 0. The highest BCUT2D eigenvalue weighted by atomic mass is 16.5. The van der Waals surface area contributed by atoms with Crippen LogP contribution < -0.4 is 4.74 Å². The zero-order valence-corrected chi connectivity index (χ0v) is 9.16. The lowest BCUT2D eigenvalue weighted by Gasteiger charge is -2.08. The molecule has 0 radical (unpaired) electrons. The standard InChI is InChI=1S/C9H13NO.C2H6/c1-7(2)8-5-4-6-10-9(8)11-3;1-2/h4-7H,1-3H3;1-2H3. The molecule has 0 saturated heterocycles. The number of ether oxygens (including phenoxy) is 1. The highest BCUT2D eigenvalue weighted by molar-refractivity contribution is 5.28. The van der Waals surface area contributed by atoms with E-state index in [0.717, 1.165) is 11.4 Å². The lowest BCUT2D eigenvalue weighted by atomic mass is 10.1. The van der Waals surface area contributed by atoms with Crippen molar-refractivity contribution in [3.8, 4) is 5.88 Å². The van der Waals surface area contributed by atoms with Gasteiger partial charge in [0.05, 0.1) is 7.11 Å². The van der Waals surface area contributed by atoms with Gasteiger partial charge in [-0.15, -0.1) is 0 Å². The zero-order valence-electron chi connectivity index (χ0n) is 9.16. The molecule has 0 saturated carbocycles. The summed E-state index contributed by atoms with van der Waals surface area (Å²) in [4.78, 5) is 4.10. The number of nitrogens with zero attached hydrogens (tertiary/aromatic N) is 1. The lowest BCUT2D eigenvalue weighted by molar-refractivity contribution is 0.390. The molecule has 2 heteroatoms. The summed E-state index contributed by atoms with van der Waals surface area (Å²) >= 11 is 0. The van der Waals surface area contributed by atoms with Crippen molar-refractivity contribution in [2.75, 3.05) is 7.11 Å². The normalized spacial score (nSPS) is 9.08. The van der Waals surface area contributed by atoms with Gasteiger partial charge in [0, 0.05) is 11.8 Å². The number of rotatable bonds is 2. The average molecular weight is 181 g/mol. The molecule has 0 aliphatic carbocycles. The molecule has 2 nitrogen and oxygen atoms in total. The Bertz CT molecular complexity index is 233. The van der Waals surface area contributed by atoms with Crippen LogP contribution in [0.15, 0.2) is 18.3 Å². The predicted octanol–water partition coefficient (Wildman–Crippen LogP) is 3.24. The summed E-state index contributed by atoms with van der Waals surface area (Å²) in [6.45, 7) is 8.25. The van der Waals surface area contributed by atoms with Gasteiger partial charge in [0.25, 0.3) is 0 Å². The quantitative estimate of drug-likeness (QED) is 0.698. The molecule has 0 amide bonds. The third-order valence-corrected chi connectivity index (χ3v) is 1.62. The van der Waals surface area contributed by atoms with Gasteiger partial charge in [0.2, 0.25) is 5.88 Å². The van der Waals surface area contributed by atoms with Gasteiger partial charge >= 0.3 is 0 Å². The fourth-order valence-corrected chi connectivity index (χ4v) is 1.01. The van der Waals surface area contributed by atoms with Gasteiger partial charge in [-0.25, -0.2) is 4.98 Å². The molecule has 0 aliphatic heterocycles. The molecule has 0 atom stereocenters. The van der Waals surface area contributed by atoms with Crippen molar-refractivity contribution in [2.24, 2.45) is 0 Å². The van der Waals surface area contributed by atoms with E-state index in [0.29, 0.717) is 5.92 Å². The Hall–Kier alpha value is -1.05. The van der Waals surface area contributed by atoms with Crippen LogP contribution in [0, 0.1) is 0 Å². The second-order valence-electron chi connectivity index (χ2n) is 2.76. The lowest BCUT2D eigenvalue weighted by Crippen LogP contribution is -1.95. The molecule has 0 aromatic carbocycles. The minimum atomic E-state index is 0.471. The Morgan fingerprint density at radius 1 is 1.31 bits per heavy atom. The first-order valence-electron chi connectivity index (χ1n) is 4.74. The van der Waals surface area contributed by atoms with E-state index in [1.54, 1.807) is 13.3 Å². The van der Waals surface area contributed by atoms with Gasteiger partial charge in [-0.1, -0.05) is 33.8 Å². The zero-order chi connectivity index (χ0) is 10.3. The average Bonchev–Trinajstić information content (AvgIpc) is 2.20. The summed E-state index contributed by atoms with van der Waals surface area (Å²) < 4.78 is 5.10. The molecule has 1 rings (SSSR count). The van der Waals surface area contributed by atoms with Crippen molar-refractivity contribution in [2.45, 2.75) is 33.6 Å². The summed E-state index contributed by atoms with van der Waals surface area (Å²) in [5.74, 6) is 1.21. The van der Waals surface area contributed by atoms with Gasteiger partial charge in [0.15, 0.2) is 0 Å². The molecular weight excluding hydrogens is 162 g/mol. The molecule has 0 N–H and O–H groups in total. The maximum atomic E-state index is 5.10. The van der Waals surface area contributed by atoms with Crippen LogP contribution in [0.5, 0.6) is 5.88 Å². The number of methoxy groups -OCH3 is 1. The SMILES string of the molecule is CC.COc1ncccc1C(C)C. The van der Waals surface area contributed by atoms with Crippen LogP contribution in [0.1, 0.15) is 39.2 Å². The maximum absolute atomic E-state index is 5.10. The molecule has 1 aromatic rings. The minimum Gasteiger partial charge on any atom is -0.481 e. The van der Waals surface area contributed by atoms with Gasteiger partial charge in [-0.3, -0.25) is 0 Å². The van der Waals surface area contributed by atoms with Crippen molar-refractivity contribution in [1.29, 1.82) is 0 Å². The fraction of sp³-hybridized carbons (Fsp3) is 0.545.